The Hall–Kier alpha value is -2.44. The molecule has 0 aromatic carbocycles. The Morgan fingerprint density at radius 2 is 2.00 bits per heavy atom. The van der Waals surface area contributed by atoms with Crippen LogP contribution in [0.5, 0.6) is 0 Å². The summed E-state index contributed by atoms with van der Waals surface area (Å²) in [5, 5.41) is 19.1. The summed E-state index contributed by atoms with van der Waals surface area (Å²) in [5.41, 5.74) is 10.7. The molecule has 7 heteroatoms. The largest absolute Gasteiger partial charge is 0.413 e. The topological polar surface area (TPSA) is 134 Å². The van der Waals surface area contributed by atoms with Crippen molar-refractivity contribution in [1.82, 2.24) is 9.94 Å². The molecule has 0 aromatic heterocycles. The van der Waals surface area contributed by atoms with E-state index in [4.69, 9.17) is 22.1 Å². The Labute approximate surface area is 83.4 Å². The lowest BCUT2D eigenvalue weighted by Crippen LogP contribution is -2.25. The summed E-state index contributed by atoms with van der Waals surface area (Å²) in [7, 11) is 0. The Morgan fingerprint density at radius 1 is 1.33 bits per heavy atom. The van der Waals surface area contributed by atoms with Crippen LogP contribution >= 0.6 is 0 Å². The van der Waals surface area contributed by atoms with Crippen molar-refractivity contribution in [2.75, 3.05) is 11.5 Å². The van der Waals surface area contributed by atoms with Crippen molar-refractivity contribution in [3.05, 3.63) is 28.0 Å². The van der Waals surface area contributed by atoms with Crippen LogP contribution in [0.1, 0.15) is 0 Å². The minimum atomic E-state index is -0.449. The van der Waals surface area contributed by atoms with Crippen LogP contribution < -0.4 is 22.3 Å². The first-order chi connectivity index (χ1) is 7.02. The molecule has 0 unspecified atom stereocenters. The normalized spacial score (nSPS) is 10.7. The maximum atomic E-state index is 11.6. The van der Waals surface area contributed by atoms with E-state index in [1.807, 2.05) is 0 Å². The van der Waals surface area contributed by atoms with E-state index in [1.54, 1.807) is 0 Å². The number of nitrogens with zero attached hydrogens (tertiary/aromatic N) is 1. The molecule has 1 aliphatic carbocycles. The summed E-state index contributed by atoms with van der Waals surface area (Å²) >= 11 is 0. The number of aromatic nitrogens is 2. The average molecular weight is 207 g/mol. The Morgan fingerprint density at radius 3 is 2.67 bits per heavy atom. The Balaban J connectivity index is 3.08. The molecule has 0 fully saturated rings. The summed E-state index contributed by atoms with van der Waals surface area (Å²) in [4.78, 5) is 12.2. The lowest BCUT2D eigenvalue weighted by Gasteiger charge is -2.09. The zero-order valence-corrected chi connectivity index (χ0v) is 7.61. The molecule has 0 saturated heterocycles. The molecule has 7 nitrogen and oxygen atoms in total. The van der Waals surface area contributed by atoms with Gasteiger partial charge in [0.05, 0.1) is 22.8 Å². The minimum absolute atomic E-state index is 0.0705. The molecule has 15 heavy (non-hydrogen) atoms. The molecule has 78 valence electrons. The molecule has 7 N–H and O–H groups in total. The number of nitrogens with two attached hydrogens (primary N) is 2. The first kappa shape index (κ1) is 9.13. The second-order valence-electron chi connectivity index (χ2n) is 3.11. The molecule has 0 spiro atoms. The number of nitrogens with one attached hydrogen (secondary N) is 2. The maximum Gasteiger partial charge on any atom is 0.213 e. The number of hydrogen-bond acceptors (Lipinski definition) is 5. The van der Waals surface area contributed by atoms with E-state index in [0.29, 0.717) is 4.85 Å². The van der Waals surface area contributed by atoms with Crippen LogP contribution in [0.15, 0.2) is 17.2 Å². The predicted molar refractivity (Wildman–Crippen MR) is 53.5 cm³/mol. The van der Waals surface area contributed by atoms with E-state index in [0.717, 1.165) is 0 Å². The lowest BCUT2D eigenvalue weighted by molar-refractivity contribution is 0.144. The van der Waals surface area contributed by atoms with Gasteiger partial charge < -0.3 is 16.7 Å². The molecule has 2 aliphatic rings. The second kappa shape index (κ2) is 2.77. The quantitative estimate of drug-likeness (QED) is 0.284. The molecular formula is C8H9N5O2. The van der Waals surface area contributed by atoms with Gasteiger partial charge in [0.25, 0.3) is 0 Å². The predicted octanol–water partition coefficient (Wildman–Crippen LogP) is -0.838. The summed E-state index contributed by atoms with van der Waals surface area (Å²) in [6.45, 7) is 0. The number of H-pyrrole nitrogens is 1. The number of anilines is 2. The molecular weight excluding hydrogens is 198 g/mol. The van der Waals surface area contributed by atoms with Crippen molar-refractivity contribution in [2.45, 2.75) is 0 Å². The number of rotatable bonds is 0. The van der Waals surface area contributed by atoms with Crippen LogP contribution in [0.3, 0.4) is 0 Å². The SMILES string of the molecule is N=c1c2cn(O)[nH]cc-2c(=O)c(N)c1N. The van der Waals surface area contributed by atoms with Gasteiger partial charge >= 0.3 is 0 Å². The summed E-state index contributed by atoms with van der Waals surface area (Å²) in [5.74, 6) is 0. The van der Waals surface area contributed by atoms with E-state index in [2.05, 4.69) is 5.10 Å². The van der Waals surface area contributed by atoms with E-state index in [9.17, 15) is 4.79 Å². The fourth-order valence-corrected chi connectivity index (χ4v) is 1.37. The highest BCUT2D eigenvalue weighted by Crippen LogP contribution is 2.16. The van der Waals surface area contributed by atoms with Crippen molar-refractivity contribution >= 4 is 11.4 Å². The lowest BCUT2D eigenvalue weighted by atomic mass is 10.0. The summed E-state index contributed by atoms with van der Waals surface area (Å²) < 4.78 is 0. The van der Waals surface area contributed by atoms with E-state index in [-0.39, 0.29) is 27.9 Å². The van der Waals surface area contributed by atoms with Gasteiger partial charge in [-0.15, -0.1) is 4.85 Å². The van der Waals surface area contributed by atoms with Crippen molar-refractivity contribution < 1.29 is 5.21 Å². The van der Waals surface area contributed by atoms with Gasteiger partial charge in [-0.2, -0.15) is 0 Å². The summed E-state index contributed by atoms with van der Waals surface area (Å²) in [6, 6.07) is 0. The van der Waals surface area contributed by atoms with E-state index >= 15 is 0 Å². The van der Waals surface area contributed by atoms with Crippen LogP contribution in [-0.4, -0.2) is 15.2 Å². The number of hydrogen-bond donors (Lipinski definition) is 5. The Kier molecular flexibility index (Phi) is 1.69. The second-order valence-corrected chi connectivity index (χ2v) is 3.11. The molecule has 0 saturated carbocycles. The van der Waals surface area contributed by atoms with Gasteiger partial charge in [0.15, 0.2) is 0 Å². The van der Waals surface area contributed by atoms with Gasteiger partial charge in [0.2, 0.25) is 5.43 Å². The zero-order chi connectivity index (χ0) is 11.2. The third-order valence-corrected chi connectivity index (χ3v) is 2.20. The molecule has 2 rings (SSSR count). The molecule has 0 atom stereocenters. The summed E-state index contributed by atoms with van der Waals surface area (Å²) in [6.07, 6.45) is 2.46. The first-order valence-corrected chi connectivity index (χ1v) is 4.08. The number of benzene rings is 1. The maximum absolute atomic E-state index is 11.6. The van der Waals surface area contributed by atoms with Gasteiger partial charge in [-0.25, -0.2) is 0 Å². The first-order valence-electron chi connectivity index (χ1n) is 4.08. The molecule has 1 aliphatic heterocycles. The fourth-order valence-electron chi connectivity index (χ4n) is 1.37. The van der Waals surface area contributed by atoms with Crippen LogP contribution in [0, 0.1) is 5.41 Å². The Bertz CT molecular complexity index is 612. The van der Waals surface area contributed by atoms with Gasteiger partial charge in [0.1, 0.15) is 5.69 Å². The van der Waals surface area contributed by atoms with Crippen LogP contribution in [-0.2, 0) is 0 Å². The number of aromatic amines is 1. The monoisotopic (exact) mass is 207 g/mol. The molecule has 0 aromatic rings. The van der Waals surface area contributed by atoms with Crippen LogP contribution in [0.4, 0.5) is 11.4 Å². The van der Waals surface area contributed by atoms with Crippen molar-refractivity contribution in [2.24, 2.45) is 0 Å². The van der Waals surface area contributed by atoms with Crippen LogP contribution in [0.25, 0.3) is 11.1 Å². The molecule has 0 radical (unpaired) electrons. The van der Waals surface area contributed by atoms with Crippen molar-refractivity contribution in [1.29, 1.82) is 5.41 Å². The zero-order valence-electron chi connectivity index (χ0n) is 7.61. The van der Waals surface area contributed by atoms with E-state index < -0.39 is 5.43 Å². The fraction of sp³-hybridized carbons (Fsp3) is 0. The molecule has 0 amide bonds. The van der Waals surface area contributed by atoms with Gasteiger partial charge in [0, 0.05) is 11.8 Å². The minimum Gasteiger partial charge on any atom is -0.413 e. The number of nitrogen functional groups attached to an aromatic ring is 2. The highest BCUT2D eigenvalue weighted by atomic mass is 16.5. The van der Waals surface area contributed by atoms with E-state index in [1.165, 1.54) is 12.4 Å². The third-order valence-electron chi connectivity index (χ3n) is 2.20. The van der Waals surface area contributed by atoms with Gasteiger partial charge in [-0.05, 0) is 0 Å². The third kappa shape index (κ3) is 1.13. The highest BCUT2D eigenvalue weighted by molar-refractivity contribution is 5.77. The molecule has 0 bridgehead atoms. The van der Waals surface area contributed by atoms with Gasteiger partial charge in [-0.1, -0.05) is 0 Å². The standard InChI is InChI=1S/C8H9N5O2/c9-5-4-2-13(15)12-1-3(4)8(14)7(11)6(5)10/h1-2,9,12,15H,10-11H2. The number of fused-ring (bicyclic) bond motifs is 1. The smallest absolute Gasteiger partial charge is 0.213 e. The highest BCUT2D eigenvalue weighted by Gasteiger charge is 2.15. The van der Waals surface area contributed by atoms with Gasteiger partial charge in [-0.3, -0.25) is 15.3 Å². The molecule has 1 heterocycles. The van der Waals surface area contributed by atoms with Crippen molar-refractivity contribution in [3.63, 3.8) is 0 Å². The van der Waals surface area contributed by atoms with Crippen molar-refractivity contribution in [3.8, 4) is 11.1 Å². The van der Waals surface area contributed by atoms with Crippen LogP contribution in [0.2, 0.25) is 0 Å². The average Bonchev–Trinajstić information content (AvgIpc) is 2.23.